The van der Waals surface area contributed by atoms with Crippen molar-refractivity contribution in [2.45, 2.75) is 26.4 Å². The Labute approximate surface area is 116 Å². The minimum atomic E-state index is -0.617. The third-order valence-corrected chi connectivity index (χ3v) is 3.48. The number of rotatable bonds is 3. The number of nitrogens with one attached hydrogen (secondary N) is 1. The van der Waals surface area contributed by atoms with E-state index in [4.69, 9.17) is 4.74 Å². The molecule has 0 atom stereocenters. The van der Waals surface area contributed by atoms with Gasteiger partial charge in [0.25, 0.3) is 0 Å². The van der Waals surface area contributed by atoms with E-state index in [1.165, 1.54) is 6.07 Å². The highest BCUT2D eigenvalue weighted by Crippen LogP contribution is 2.33. The molecule has 0 bridgehead atoms. The molecule has 3 nitrogen and oxygen atoms in total. The maximum absolute atomic E-state index is 14.0. The summed E-state index contributed by atoms with van der Waals surface area (Å²) in [5, 5.41) is 3.75. The molecular formula is C15H16F2N2O. The SMILES string of the molecule is CCCNc1c2c(nc3c(F)cc(F)cc13)CCOC2. The van der Waals surface area contributed by atoms with E-state index in [-0.39, 0.29) is 5.52 Å². The molecule has 1 aliphatic rings. The summed E-state index contributed by atoms with van der Waals surface area (Å²) >= 11 is 0. The average Bonchev–Trinajstić information content (AvgIpc) is 2.44. The second-order valence-electron chi connectivity index (χ2n) is 4.93. The van der Waals surface area contributed by atoms with Gasteiger partial charge in [0.15, 0.2) is 5.82 Å². The van der Waals surface area contributed by atoms with Crippen LogP contribution >= 0.6 is 0 Å². The molecule has 0 spiro atoms. The van der Waals surface area contributed by atoms with Crippen LogP contribution in [0.2, 0.25) is 0 Å². The predicted octanol–water partition coefficient (Wildman–Crippen LogP) is 3.41. The Balaban J connectivity index is 2.27. The van der Waals surface area contributed by atoms with Crippen molar-refractivity contribution >= 4 is 16.6 Å². The molecule has 1 aromatic heterocycles. The number of fused-ring (bicyclic) bond motifs is 2. The lowest BCUT2D eigenvalue weighted by molar-refractivity contribution is 0.110. The van der Waals surface area contributed by atoms with Crippen LogP contribution in [0.15, 0.2) is 12.1 Å². The smallest absolute Gasteiger partial charge is 0.152 e. The molecule has 1 aliphatic heterocycles. The maximum Gasteiger partial charge on any atom is 0.152 e. The zero-order valence-corrected chi connectivity index (χ0v) is 11.3. The van der Waals surface area contributed by atoms with Gasteiger partial charge in [-0.25, -0.2) is 13.8 Å². The Kier molecular flexibility index (Phi) is 3.53. The lowest BCUT2D eigenvalue weighted by Gasteiger charge is -2.22. The summed E-state index contributed by atoms with van der Waals surface area (Å²) in [5.74, 6) is -1.21. The number of anilines is 1. The largest absolute Gasteiger partial charge is 0.384 e. The van der Waals surface area contributed by atoms with Crippen molar-refractivity contribution in [1.29, 1.82) is 0 Å². The van der Waals surface area contributed by atoms with E-state index in [0.29, 0.717) is 25.0 Å². The van der Waals surface area contributed by atoms with Crippen molar-refractivity contribution in [3.05, 3.63) is 35.0 Å². The molecule has 3 rings (SSSR count). The normalized spacial score (nSPS) is 14.3. The fourth-order valence-corrected chi connectivity index (χ4v) is 2.54. The Morgan fingerprint density at radius 2 is 2.20 bits per heavy atom. The van der Waals surface area contributed by atoms with E-state index < -0.39 is 11.6 Å². The van der Waals surface area contributed by atoms with Crippen LogP contribution in [-0.4, -0.2) is 18.1 Å². The third-order valence-electron chi connectivity index (χ3n) is 3.48. The summed E-state index contributed by atoms with van der Waals surface area (Å²) in [5.41, 5.74) is 2.74. The second kappa shape index (κ2) is 5.32. The molecule has 20 heavy (non-hydrogen) atoms. The summed E-state index contributed by atoms with van der Waals surface area (Å²) in [6.07, 6.45) is 1.58. The van der Waals surface area contributed by atoms with Gasteiger partial charge in [-0.2, -0.15) is 0 Å². The van der Waals surface area contributed by atoms with E-state index in [0.717, 1.165) is 36.0 Å². The van der Waals surface area contributed by atoms with E-state index in [1.807, 2.05) is 6.92 Å². The highest BCUT2D eigenvalue weighted by Gasteiger charge is 2.20. The van der Waals surface area contributed by atoms with Gasteiger partial charge in [0.05, 0.1) is 24.6 Å². The van der Waals surface area contributed by atoms with Crippen molar-refractivity contribution in [3.63, 3.8) is 0 Å². The molecule has 2 aromatic rings. The zero-order valence-electron chi connectivity index (χ0n) is 11.3. The molecule has 0 saturated heterocycles. The number of aromatic nitrogens is 1. The Bertz CT molecular complexity index is 658. The first-order valence-electron chi connectivity index (χ1n) is 6.82. The van der Waals surface area contributed by atoms with E-state index in [9.17, 15) is 8.78 Å². The predicted molar refractivity (Wildman–Crippen MR) is 73.8 cm³/mol. The lowest BCUT2D eigenvalue weighted by atomic mass is 10.0. The molecule has 0 amide bonds. The van der Waals surface area contributed by atoms with Gasteiger partial charge in [-0.05, 0) is 12.5 Å². The molecule has 2 heterocycles. The summed E-state index contributed by atoms with van der Waals surface area (Å²) in [7, 11) is 0. The first-order chi connectivity index (χ1) is 9.70. The summed E-state index contributed by atoms with van der Waals surface area (Å²) in [6.45, 7) is 3.80. The zero-order chi connectivity index (χ0) is 14.1. The molecule has 1 N–H and O–H groups in total. The van der Waals surface area contributed by atoms with Gasteiger partial charge in [-0.15, -0.1) is 0 Å². The fraction of sp³-hybridized carbons (Fsp3) is 0.400. The van der Waals surface area contributed by atoms with Crippen LogP contribution in [0.5, 0.6) is 0 Å². The minimum absolute atomic E-state index is 0.227. The Morgan fingerprint density at radius 1 is 1.35 bits per heavy atom. The van der Waals surface area contributed by atoms with Crippen molar-refractivity contribution < 1.29 is 13.5 Å². The van der Waals surface area contributed by atoms with Gasteiger partial charge in [0.2, 0.25) is 0 Å². The monoisotopic (exact) mass is 278 g/mol. The fourth-order valence-electron chi connectivity index (χ4n) is 2.54. The van der Waals surface area contributed by atoms with Crippen LogP contribution in [0, 0.1) is 11.6 Å². The van der Waals surface area contributed by atoms with Gasteiger partial charge in [0, 0.05) is 30.0 Å². The highest BCUT2D eigenvalue weighted by molar-refractivity contribution is 5.94. The molecule has 106 valence electrons. The van der Waals surface area contributed by atoms with Gasteiger partial charge >= 0.3 is 0 Å². The van der Waals surface area contributed by atoms with Crippen molar-refractivity contribution in [2.75, 3.05) is 18.5 Å². The Hall–Kier alpha value is -1.75. The molecule has 1 aromatic carbocycles. The van der Waals surface area contributed by atoms with Gasteiger partial charge in [0.1, 0.15) is 11.3 Å². The third kappa shape index (κ3) is 2.22. The van der Waals surface area contributed by atoms with Crippen molar-refractivity contribution in [3.8, 4) is 0 Å². The van der Waals surface area contributed by atoms with E-state index in [2.05, 4.69) is 10.3 Å². The lowest BCUT2D eigenvalue weighted by Crippen LogP contribution is -2.16. The van der Waals surface area contributed by atoms with Gasteiger partial charge < -0.3 is 10.1 Å². The molecule has 5 heteroatoms. The van der Waals surface area contributed by atoms with Crippen LogP contribution in [0.4, 0.5) is 14.5 Å². The Morgan fingerprint density at radius 3 is 3.00 bits per heavy atom. The van der Waals surface area contributed by atoms with Crippen LogP contribution in [0.3, 0.4) is 0 Å². The van der Waals surface area contributed by atoms with Crippen molar-refractivity contribution in [2.24, 2.45) is 0 Å². The average molecular weight is 278 g/mol. The topological polar surface area (TPSA) is 34.2 Å². The quantitative estimate of drug-likeness (QED) is 0.934. The molecule has 0 aliphatic carbocycles. The summed E-state index contributed by atoms with van der Waals surface area (Å²) < 4.78 is 32.9. The number of nitrogens with zero attached hydrogens (tertiary/aromatic N) is 1. The summed E-state index contributed by atoms with van der Waals surface area (Å²) in [6, 6.07) is 2.21. The maximum atomic E-state index is 14.0. The molecule has 0 saturated carbocycles. The van der Waals surface area contributed by atoms with Crippen LogP contribution in [0.1, 0.15) is 24.6 Å². The van der Waals surface area contributed by atoms with E-state index >= 15 is 0 Å². The van der Waals surface area contributed by atoms with Crippen LogP contribution < -0.4 is 5.32 Å². The van der Waals surface area contributed by atoms with E-state index in [1.54, 1.807) is 0 Å². The first-order valence-corrected chi connectivity index (χ1v) is 6.82. The standard InChI is InChI=1S/C15H16F2N2O/c1-2-4-18-14-10-6-9(16)7-12(17)15(10)19-13-3-5-20-8-11(13)14/h6-7H,2-5,8H2,1H3,(H,18,19). The number of benzene rings is 1. The number of pyridine rings is 1. The van der Waals surface area contributed by atoms with Crippen LogP contribution in [0.25, 0.3) is 10.9 Å². The second-order valence-corrected chi connectivity index (χ2v) is 4.93. The highest BCUT2D eigenvalue weighted by atomic mass is 19.1. The number of hydrogen-bond donors (Lipinski definition) is 1. The van der Waals surface area contributed by atoms with Gasteiger partial charge in [-0.3, -0.25) is 0 Å². The molecule has 0 radical (unpaired) electrons. The van der Waals surface area contributed by atoms with Gasteiger partial charge in [-0.1, -0.05) is 6.92 Å². The minimum Gasteiger partial charge on any atom is -0.384 e. The first kappa shape index (κ1) is 13.2. The molecular weight excluding hydrogens is 262 g/mol. The molecule has 0 fully saturated rings. The summed E-state index contributed by atoms with van der Waals surface area (Å²) in [4.78, 5) is 4.36. The molecule has 0 unspecified atom stereocenters. The van der Waals surface area contributed by atoms with Crippen LogP contribution in [-0.2, 0) is 17.8 Å². The number of hydrogen-bond acceptors (Lipinski definition) is 3. The number of halogens is 2. The van der Waals surface area contributed by atoms with Crippen molar-refractivity contribution in [1.82, 2.24) is 4.98 Å². The number of ether oxygens (including phenoxy) is 1.